The van der Waals surface area contributed by atoms with Gasteiger partial charge in [-0.15, -0.1) is 23.1 Å². The molecule has 1 saturated heterocycles. The summed E-state index contributed by atoms with van der Waals surface area (Å²) in [7, 11) is -3.81. The van der Waals surface area contributed by atoms with Crippen molar-refractivity contribution in [2.24, 2.45) is 0 Å². The number of sulfonamides is 1. The molecule has 0 bridgehead atoms. The Labute approximate surface area is 236 Å². The van der Waals surface area contributed by atoms with Crippen LogP contribution in [-0.2, 0) is 32.5 Å². The summed E-state index contributed by atoms with van der Waals surface area (Å²) < 4.78 is 35.2. The molecule has 38 heavy (non-hydrogen) atoms. The molecule has 1 aromatic heterocycles. The van der Waals surface area contributed by atoms with Crippen LogP contribution in [0.5, 0.6) is 0 Å². The number of halogens is 1. The number of hydrogen-bond acceptors (Lipinski definition) is 7. The number of thiophene rings is 1. The Morgan fingerprint density at radius 2 is 1.95 bits per heavy atom. The number of amides is 2. The zero-order valence-electron chi connectivity index (χ0n) is 21.4. The van der Waals surface area contributed by atoms with Gasteiger partial charge in [-0.05, 0) is 75.4 Å². The summed E-state index contributed by atoms with van der Waals surface area (Å²) in [5.41, 5.74) is 2.28. The zero-order valence-corrected chi connectivity index (χ0v) is 24.6. The Hall–Kier alpha value is -2.05. The predicted octanol–water partition coefficient (Wildman–Crippen LogP) is 5.44. The third-order valence-electron chi connectivity index (χ3n) is 6.60. The first-order chi connectivity index (χ1) is 17.9. The van der Waals surface area contributed by atoms with E-state index in [0.29, 0.717) is 43.2 Å². The number of allylic oxidation sites excluding steroid dienone is 1. The van der Waals surface area contributed by atoms with E-state index in [1.165, 1.54) is 23.1 Å². The van der Waals surface area contributed by atoms with Gasteiger partial charge in [-0.1, -0.05) is 23.7 Å². The van der Waals surface area contributed by atoms with Crippen LogP contribution >= 0.6 is 34.7 Å². The Morgan fingerprint density at radius 1 is 1.16 bits per heavy atom. The van der Waals surface area contributed by atoms with Gasteiger partial charge in [0.1, 0.15) is 15.9 Å². The predicted molar refractivity (Wildman–Crippen MR) is 152 cm³/mol. The van der Waals surface area contributed by atoms with Gasteiger partial charge in [0.25, 0.3) is 0 Å². The van der Waals surface area contributed by atoms with Crippen molar-refractivity contribution >= 4 is 62.4 Å². The molecule has 1 N–H and O–H groups in total. The normalized spacial score (nSPS) is 22.0. The summed E-state index contributed by atoms with van der Waals surface area (Å²) in [6.45, 7) is 6.95. The molecule has 1 aromatic carbocycles. The van der Waals surface area contributed by atoms with Crippen molar-refractivity contribution in [3.8, 4) is 0 Å². The second kappa shape index (κ2) is 10.5. The lowest BCUT2D eigenvalue weighted by molar-refractivity contribution is -0.118. The lowest BCUT2D eigenvalue weighted by atomic mass is 9.99. The molecule has 2 aromatic rings. The molecule has 4 heterocycles. The first kappa shape index (κ1) is 27.5. The number of benzene rings is 1. The molecule has 5 rings (SSSR count). The van der Waals surface area contributed by atoms with E-state index in [-0.39, 0.29) is 21.5 Å². The molecule has 204 valence electrons. The van der Waals surface area contributed by atoms with Crippen LogP contribution in [0.2, 0.25) is 4.34 Å². The number of carbonyl (C=O) groups excluding carboxylic acids is 2. The fourth-order valence-electron chi connectivity index (χ4n) is 4.77. The largest absolute Gasteiger partial charge is 0.444 e. The standard InChI is InChI=1S/C26H30ClN3O5S3/c1-26(2,3)35-25(32)29-12-10-16-14-18(5-4-17(16)15-29)30-13-11-19(24(30)31)28-38(33,34)23-9-7-21(37-23)20-6-8-22(27)36-20/h4-6,8-9,14,19,21,28H,7,10-13,15H2,1-3H3/t19-,21?/m0/s1. The molecule has 0 aliphatic carbocycles. The van der Waals surface area contributed by atoms with Gasteiger partial charge >= 0.3 is 6.09 Å². The summed E-state index contributed by atoms with van der Waals surface area (Å²) in [5, 5.41) is 0.0107. The van der Waals surface area contributed by atoms with Crippen molar-refractivity contribution < 1.29 is 22.7 Å². The highest BCUT2D eigenvalue weighted by Gasteiger charge is 2.38. The van der Waals surface area contributed by atoms with Gasteiger partial charge in [-0.3, -0.25) is 4.79 Å². The maximum Gasteiger partial charge on any atom is 0.410 e. The van der Waals surface area contributed by atoms with Gasteiger partial charge < -0.3 is 14.5 Å². The van der Waals surface area contributed by atoms with E-state index in [2.05, 4.69) is 4.72 Å². The molecule has 8 nitrogen and oxygen atoms in total. The third-order valence-corrected chi connectivity index (χ3v) is 11.5. The highest BCUT2D eigenvalue weighted by molar-refractivity contribution is 8.18. The van der Waals surface area contributed by atoms with E-state index in [9.17, 15) is 18.0 Å². The molecule has 1 fully saturated rings. The summed E-state index contributed by atoms with van der Waals surface area (Å²) in [6, 6.07) is 8.70. The summed E-state index contributed by atoms with van der Waals surface area (Å²) in [6.07, 6.45) is 3.03. The van der Waals surface area contributed by atoms with Crippen LogP contribution in [0.25, 0.3) is 0 Å². The average Bonchev–Trinajstić information content (AvgIpc) is 3.58. The van der Waals surface area contributed by atoms with Gasteiger partial charge in [0.15, 0.2) is 0 Å². The van der Waals surface area contributed by atoms with Crippen LogP contribution in [0.1, 0.15) is 54.9 Å². The van der Waals surface area contributed by atoms with Crippen LogP contribution in [-0.4, -0.2) is 50.1 Å². The van der Waals surface area contributed by atoms with Gasteiger partial charge in [0.2, 0.25) is 15.9 Å². The van der Waals surface area contributed by atoms with Crippen molar-refractivity contribution in [1.29, 1.82) is 0 Å². The zero-order chi connectivity index (χ0) is 27.2. The van der Waals surface area contributed by atoms with Crippen molar-refractivity contribution in [2.75, 3.05) is 18.0 Å². The number of ether oxygens (including phenoxy) is 1. The van der Waals surface area contributed by atoms with Gasteiger partial charge in [-0.25, -0.2) is 13.2 Å². The first-order valence-electron chi connectivity index (χ1n) is 12.4. The molecule has 0 spiro atoms. The van der Waals surface area contributed by atoms with E-state index < -0.39 is 21.7 Å². The third kappa shape index (κ3) is 5.91. The highest BCUT2D eigenvalue weighted by Crippen LogP contribution is 2.48. The number of thioether (sulfide) groups is 1. The van der Waals surface area contributed by atoms with Gasteiger partial charge in [0.05, 0.1) is 4.34 Å². The average molecular weight is 596 g/mol. The Balaban J connectivity index is 1.21. The maximum atomic E-state index is 13.2. The second-order valence-corrected chi connectivity index (χ2v) is 15.5. The van der Waals surface area contributed by atoms with E-state index in [1.54, 1.807) is 15.9 Å². The smallest absolute Gasteiger partial charge is 0.410 e. The minimum Gasteiger partial charge on any atom is -0.444 e. The van der Waals surface area contributed by atoms with Crippen LogP contribution in [0, 0.1) is 0 Å². The SMILES string of the molecule is CC(C)(C)OC(=O)N1CCc2cc(N3CC[C@H](NS(=O)(=O)C4=CCC(c5ccc(Cl)s5)S4)C3=O)ccc2C1. The first-order valence-corrected chi connectivity index (χ1v) is 16.0. The number of anilines is 1. The molecule has 3 aliphatic rings. The van der Waals surface area contributed by atoms with Crippen molar-refractivity contribution in [1.82, 2.24) is 9.62 Å². The van der Waals surface area contributed by atoms with E-state index in [1.807, 2.05) is 51.1 Å². The van der Waals surface area contributed by atoms with Gasteiger partial charge in [-0.2, -0.15) is 4.72 Å². The van der Waals surface area contributed by atoms with Crippen LogP contribution in [0.4, 0.5) is 10.5 Å². The number of nitrogens with zero attached hydrogens (tertiary/aromatic N) is 2. The highest BCUT2D eigenvalue weighted by atomic mass is 35.5. The molecule has 2 amide bonds. The van der Waals surface area contributed by atoms with Crippen LogP contribution in [0.3, 0.4) is 0 Å². The van der Waals surface area contributed by atoms with Crippen molar-refractivity contribution in [2.45, 2.75) is 63.5 Å². The van der Waals surface area contributed by atoms with Crippen LogP contribution in [0.15, 0.2) is 40.6 Å². The monoisotopic (exact) mass is 595 g/mol. The molecular formula is C26H30ClN3O5S3. The van der Waals surface area contributed by atoms with Crippen molar-refractivity contribution in [3.63, 3.8) is 0 Å². The summed E-state index contributed by atoms with van der Waals surface area (Å²) in [4.78, 5) is 30.0. The molecule has 2 atom stereocenters. The Bertz CT molecular complexity index is 1400. The topological polar surface area (TPSA) is 96.0 Å². The van der Waals surface area contributed by atoms with Crippen molar-refractivity contribution in [3.05, 3.63) is 61.0 Å². The van der Waals surface area contributed by atoms with Crippen LogP contribution < -0.4 is 9.62 Å². The number of fused-ring (bicyclic) bond motifs is 1. The van der Waals surface area contributed by atoms with Gasteiger partial charge in [0, 0.05) is 35.4 Å². The summed E-state index contributed by atoms with van der Waals surface area (Å²) >= 11 is 8.77. The van der Waals surface area contributed by atoms with E-state index in [0.717, 1.165) is 21.7 Å². The molecule has 0 radical (unpaired) electrons. The summed E-state index contributed by atoms with van der Waals surface area (Å²) in [5.74, 6) is -0.259. The molecule has 12 heteroatoms. The fourth-order valence-corrected chi connectivity index (χ4v) is 9.00. The fraction of sp³-hybridized carbons (Fsp3) is 0.462. The Kier molecular flexibility index (Phi) is 7.60. The quantitative estimate of drug-likeness (QED) is 0.495. The number of carbonyl (C=O) groups is 2. The number of rotatable bonds is 5. The lowest BCUT2D eigenvalue weighted by Gasteiger charge is -2.31. The number of hydrogen-bond donors (Lipinski definition) is 1. The maximum absolute atomic E-state index is 13.2. The lowest BCUT2D eigenvalue weighted by Crippen LogP contribution is -2.41. The molecule has 1 unspecified atom stereocenters. The van der Waals surface area contributed by atoms with E-state index in [4.69, 9.17) is 16.3 Å². The minimum absolute atomic E-state index is 0.0107. The molecule has 3 aliphatic heterocycles. The second-order valence-electron chi connectivity index (χ2n) is 10.6. The number of nitrogens with one attached hydrogen (secondary N) is 1. The van der Waals surface area contributed by atoms with E-state index >= 15 is 0 Å². The Morgan fingerprint density at radius 3 is 2.66 bits per heavy atom. The molecule has 0 saturated carbocycles. The molecular weight excluding hydrogens is 566 g/mol. The minimum atomic E-state index is -3.81.